The second-order valence-corrected chi connectivity index (χ2v) is 6.32. The van der Waals surface area contributed by atoms with Gasteiger partial charge in [-0.3, -0.25) is 9.69 Å². The van der Waals surface area contributed by atoms with Crippen LogP contribution >= 0.6 is 0 Å². The van der Waals surface area contributed by atoms with Crippen LogP contribution < -0.4 is 0 Å². The Morgan fingerprint density at radius 2 is 2.22 bits per heavy atom. The summed E-state index contributed by atoms with van der Waals surface area (Å²) in [5.74, 6) is 3.12. The molecule has 122 valence electrons. The molecule has 23 heavy (non-hydrogen) atoms. The molecule has 0 radical (unpaired) electrons. The van der Waals surface area contributed by atoms with Crippen LogP contribution in [0.15, 0.2) is 22.8 Å². The largest absolute Gasteiger partial charge is 0.469 e. The number of aryl methyl sites for hydroxylation is 2. The lowest BCUT2D eigenvalue weighted by atomic mass is 10.0. The summed E-state index contributed by atoms with van der Waals surface area (Å²) in [4.78, 5) is 16.5. The van der Waals surface area contributed by atoms with E-state index in [9.17, 15) is 4.79 Å². The fraction of sp³-hybridized carbons (Fsp3) is 0.562. The van der Waals surface area contributed by atoms with Gasteiger partial charge in [0.15, 0.2) is 0 Å². The van der Waals surface area contributed by atoms with Gasteiger partial charge < -0.3 is 13.9 Å². The third-order valence-corrected chi connectivity index (χ3v) is 4.86. The zero-order chi connectivity index (χ0) is 15.8. The third kappa shape index (κ3) is 2.76. The fourth-order valence-corrected chi connectivity index (χ4v) is 3.37. The Morgan fingerprint density at radius 3 is 3.00 bits per heavy atom. The van der Waals surface area contributed by atoms with E-state index in [0.29, 0.717) is 18.9 Å². The van der Waals surface area contributed by atoms with Gasteiger partial charge in [-0.25, -0.2) is 0 Å². The van der Waals surface area contributed by atoms with Crippen LogP contribution in [0.4, 0.5) is 0 Å². The van der Waals surface area contributed by atoms with Gasteiger partial charge in [-0.1, -0.05) is 0 Å². The Balaban J connectivity index is 1.26. The summed E-state index contributed by atoms with van der Waals surface area (Å²) < 4.78 is 7.45. The summed E-state index contributed by atoms with van der Waals surface area (Å²) in [5, 5.41) is 8.38. The average molecular weight is 315 g/mol. The maximum absolute atomic E-state index is 12.2. The summed E-state index contributed by atoms with van der Waals surface area (Å²) in [5.41, 5.74) is 0. The van der Waals surface area contributed by atoms with Crippen molar-refractivity contribution in [1.29, 1.82) is 0 Å². The average Bonchev–Trinajstić information content (AvgIpc) is 3.14. The number of nitrogens with zero attached hydrogens (tertiary/aromatic N) is 5. The van der Waals surface area contributed by atoms with Gasteiger partial charge in [0, 0.05) is 45.1 Å². The number of rotatable bonds is 4. The van der Waals surface area contributed by atoms with Crippen molar-refractivity contribution in [2.75, 3.05) is 19.6 Å². The van der Waals surface area contributed by atoms with Gasteiger partial charge in [-0.05, 0) is 19.1 Å². The lowest BCUT2D eigenvalue weighted by Crippen LogP contribution is -2.62. The number of furan rings is 1. The van der Waals surface area contributed by atoms with Crippen molar-refractivity contribution in [3.63, 3.8) is 0 Å². The highest BCUT2D eigenvalue weighted by atomic mass is 16.3. The van der Waals surface area contributed by atoms with E-state index in [4.69, 9.17) is 4.42 Å². The summed E-state index contributed by atoms with van der Waals surface area (Å²) in [7, 11) is 0. The van der Waals surface area contributed by atoms with E-state index in [0.717, 1.165) is 50.1 Å². The molecule has 2 aliphatic heterocycles. The zero-order valence-corrected chi connectivity index (χ0v) is 13.3. The molecule has 0 bridgehead atoms. The van der Waals surface area contributed by atoms with Gasteiger partial charge in [0.1, 0.15) is 17.4 Å². The molecule has 0 unspecified atom stereocenters. The number of carbonyl (C=O) groups excluding carboxylic acids is 1. The number of amides is 1. The number of hydrogen-bond acceptors (Lipinski definition) is 5. The molecule has 2 aromatic rings. The minimum atomic E-state index is 0.216. The molecule has 0 spiro atoms. The standard InChI is InChI=1S/C16H21N5O2/c1-12-17-18-15-11-19(6-7-21(12)15)13-9-20(10-13)16(22)5-4-14-3-2-8-23-14/h2-3,8,13H,4-7,9-11H2,1H3. The lowest BCUT2D eigenvalue weighted by molar-refractivity contribution is -0.139. The summed E-state index contributed by atoms with van der Waals surface area (Å²) >= 11 is 0. The highest BCUT2D eigenvalue weighted by Gasteiger charge is 2.36. The molecule has 4 heterocycles. The van der Waals surface area contributed by atoms with E-state index >= 15 is 0 Å². The molecule has 0 N–H and O–H groups in total. The maximum Gasteiger partial charge on any atom is 0.223 e. The highest BCUT2D eigenvalue weighted by molar-refractivity contribution is 5.77. The van der Waals surface area contributed by atoms with E-state index in [2.05, 4.69) is 19.7 Å². The minimum absolute atomic E-state index is 0.216. The molecule has 7 heteroatoms. The van der Waals surface area contributed by atoms with E-state index < -0.39 is 0 Å². The first-order valence-corrected chi connectivity index (χ1v) is 8.13. The molecule has 1 fully saturated rings. The third-order valence-electron chi connectivity index (χ3n) is 4.86. The molecule has 1 amide bonds. The first-order valence-electron chi connectivity index (χ1n) is 8.13. The second-order valence-electron chi connectivity index (χ2n) is 6.32. The van der Waals surface area contributed by atoms with Crippen molar-refractivity contribution in [3.05, 3.63) is 35.8 Å². The first kappa shape index (κ1) is 14.4. The first-order chi connectivity index (χ1) is 11.2. The topological polar surface area (TPSA) is 67.4 Å². The predicted molar refractivity (Wildman–Crippen MR) is 82.6 cm³/mol. The summed E-state index contributed by atoms with van der Waals surface area (Å²) in [6.07, 6.45) is 2.85. The molecule has 7 nitrogen and oxygen atoms in total. The monoisotopic (exact) mass is 315 g/mol. The van der Waals surface area contributed by atoms with Crippen molar-refractivity contribution in [3.8, 4) is 0 Å². The quantitative estimate of drug-likeness (QED) is 0.836. The van der Waals surface area contributed by atoms with Crippen LogP contribution in [0, 0.1) is 6.92 Å². The molecular weight excluding hydrogens is 294 g/mol. The van der Waals surface area contributed by atoms with E-state index in [1.165, 1.54) is 0 Å². The highest BCUT2D eigenvalue weighted by Crippen LogP contribution is 2.21. The number of fused-ring (bicyclic) bond motifs is 1. The van der Waals surface area contributed by atoms with Crippen molar-refractivity contribution in [2.24, 2.45) is 0 Å². The Labute approximate surface area is 134 Å². The minimum Gasteiger partial charge on any atom is -0.469 e. The smallest absolute Gasteiger partial charge is 0.223 e. The van der Waals surface area contributed by atoms with Gasteiger partial charge in [0.2, 0.25) is 5.91 Å². The summed E-state index contributed by atoms with van der Waals surface area (Å²) in [6.45, 7) is 6.42. The molecule has 2 aliphatic rings. The Morgan fingerprint density at radius 1 is 1.35 bits per heavy atom. The molecular formula is C16H21N5O2. The van der Waals surface area contributed by atoms with Gasteiger partial charge >= 0.3 is 0 Å². The molecule has 0 aliphatic carbocycles. The van der Waals surface area contributed by atoms with Crippen LogP contribution in [-0.2, 0) is 24.3 Å². The van der Waals surface area contributed by atoms with Crippen molar-refractivity contribution in [1.82, 2.24) is 24.6 Å². The predicted octanol–water partition coefficient (Wildman–Crippen LogP) is 0.839. The normalized spacial score (nSPS) is 18.7. The SMILES string of the molecule is Cc1nnc2n1CCN(C1CN(C(=O)CCc3ccco3)C1)C2. The van der Waals surface area contributed by atoms with Crippen LogP contribution in [0.5, 0.6) is 0 Å². The summed E-state index contributed by atoms with van der Waals surface area (Å²) in [6, 6.07) is 4.22. The molecule has 4 rings (SSSR count). The Bertz CT molecular complexity index is 687. The molecule has 0 saturated carbocycles. The van der Waals surface area contributed by atoms with E-state index in [1.807, 2.05) is 24.0 Å². The molecule has 1 saturated heterocycles. The fourth-order valence-electron chi connectivity index (χ4n) is 3.37. The van der Waals surface area contributed by atoms with Crippen LogP contribution in [0.3, 0.4) is 0 Å². The lowest BCUT2D eigenvalue weighted by Gasteiger charge is -2.46. The van der Waals surface area contributed by atoms with Crippen LogP contribution in [0.2, 0.25) is 0 Å². The molecule has 0 atom stereocenters. The Hall–Kier alpha value is -2.15. The Kier molecular flexibility index (Phi) is 3.65. The van der Waals surface area contributed by atoms with Gasteiger partial charge in [-0.2, -0.15) is 0 Å². The molecule has 0 aromatic carbocycles. The van der Waals surface area contributed by atoms with Crippen molar-refractivity contribution >= 4 is 5.91 Å². The van der Waals surface area contributed by atoms with Crippen molar-refractivity contribution < 1.29 is 9.21 Å². The number of likely N-dealkylation sites (tertiary alicyclic amines) is 1. The molecule has 2 aromatic heterocycles. The number of hydrogen-bond donors (Lipinski definition) is 0. The van der Waals surface area contributed by atoms with E-state index in [1.54, 1.807) is 6.26 Å². The maximum atomic E-state index is 12.2. The van der Waals surface area contributed by atoms with Gasteiger partial charge in [0.25, 0.3) is 0 Å². The van der Waals surface area contributed by atoms with Crippen LogP contribution in [-0.4, -0.2) is 56.1 Å². The van der Waals surface area contributed by atoms with Gasteiger partial charge in [0.05, 0.1) is 12.8 Å². The zero-order valence-electron chi connectivity index (χ0n) is 13.3. The second kappa shape index (κ2) is 5.81. The van der Waals surface area contributed by atoms with Gasteiger partial charge in [-0.15, -0.1) is 10.2 Å². The van der Waals surface area contributed by atoms with Crippen LogP contribution in [0.1, 0.15) is 23.8 Å². The number of aromatic nitrogens is 3. The van der Waals surface area contributed by atoms with Crippen molar-refractivity contribution in [2.45, 2.75) is 38.9 Å². The van der Waals surface area contributed by atoms with Crippen LogP contribution in [0.25, 0.3) is 0 Å². The van der Waals surface area contributed by atoms with E-state index in [-0.39, 0.29) is 5.91 Å². The number of carbonyl (C=O) groups is 1.